The van der Waals surface area contributed by atoms with Crippen molar-refractivity contribution in [3.05, 3.63) is 126 Å². The van der Waals surface area contributed by atoms with Crippen molar-refractivity contribution in [1.29, 1.82) is 0 Å². The van der Waals surface area contributed by atoms with Gasteiger partial charge in [-0.05, 0) is 36.2 Å². The van der Waals surface area contributed by atoms with Crippen molar-refractivity contribution in [2.75, 3.05) is 6.61 Å². The van der Waals surface area contributed by atoms with E-state index in [-0.39, 0.29) is 24.9 Å². The Bertz CT molecular complexity index is 1570. The Labute approximate surface area is 233 Å². The molecule has 0 aliphatic carbocycles. The molecule has 4 aromatic carbocycles. The molecule has 0 aliphatic heterocycles. The minimum Gasteiger partial charge on any atom is -0.494 e. The number of ether oxygens (including phenoxy) is 1. The molecule has 2 amide bonds. The number of benzene rings is 4. The Kier molecular flexibility index (Phi) is 8.46. The average molecular weight is 534 g/mol. The number of carbonyl (C=O) groups is 2. The van der Waals surface area contributed by atoms with Crippen LogP contribution in [0.5, 0.6) is 5.75 Å². The first-order valence-electron chi connectivity index (χ1n) is 13.3. The molecule has 40 heavy (non-hydrogen) atoms. The highest BCUT2D eigenvalue weighted by atomic mass is 16.5. The zero-order valence-corrected chi connectivity index (χ0v) is 22.3. The van der Waals surface area contributed by atoms with Gasteiger partial charge in [-0.3, -0.25) is 9.59 Å². The van der Waals surface area contributed by atoms with E-state index >= 15 is 0 Å². The van der Waals surface area contributed by atoms with E-state index in [2.05, 4.69) is 15.6 Å². The fraction of sp³-hybridized carbons (Fsp3) is 0.188. The van der Waals surface area contributed by atoms with Gasteiger partial charge in [0.25, 0.3) is 0 Å². The van der Waals surface area contributed by atoms with E-state index in [1.165, 1.54) is 0 Å². The summed E-state index contributed by atoms with van der Waals surface area (Å²) in [5.74, 6) is -0.0173. The van der Waals surface area contributed by atoms with Crippen LogP contribution in [0.25, 0.3) is 11.0 Å². The van der Waals surface area contributed by atoms with Crippen molar-refractivity contribution < 1.29 is 14.3 Å². The molecule has 202 valence electrons. The number of nitrogens with one attached hydrogen (secondary N) is 1. The molecule has 5 rings (SSSR count). The highest BCUT2D eigenvalue weighted by molar-refractivity contribution is 5.89. The van der Waals surface area contributed by atoms with Gasteiger partial charge in [0.2, 0.25) is 11.8 Å². The first-order chi connectivity index (χ1) is 19.6. The lowest BCUT2D eigenvalue weighted by Crippen LogP contribution is -2.44. The minimum absolute atomic E-state index is 0.0768. The Morgan fingerprint density at radius 3 is 2.25 bits per heavy atom. The van der Waals surface area contributed by atoms with E-state index in [0.717, 1.165) is 16.6 Å². The molecule has 0 saturated heterocycles. The summed E-state index contributed by atoms with van der Waals surface area (Å²) in [5.41, 5.74) is 3.92. The fourth-order valence-electron chi connectivity index (χ4n) is 4.68. The SMILES string of the molecule is CCOc1ccccc1[C@@H](C(=O)NCc1ccccc1)N(Cc1ccccc1)C(=O)Cn1nnc2ccccc21. The molecule has 1 N–H and O–H groups in total. The zero-order chi connectivity index (χ0) is 27.7. The molecule has 0 radical (unpaired) electrons. The maximum Gasteiger partial charge on any atom is 0.247 e. The molecule has 5 aromatic rings. The zero-order valence-electron chi connectivity index (χ0n) is 22.3. The normalized spacial score (nSPS) is 11.6. The second-order valence-electron chi connectivity index (χ2n) is 9.32. The lowest BCUT2D eigenvalue weighted by Gasteiger charge is -2.32. The monoisotopic (exact) mass is 533 g/mol. The predicted molar refractivity (Wildman–Crippen MR) is 153 cm³/mol. The summed E-state index contributed by atoms with van der Waals surface area (Å²) >= 11 is 0. The van der Waals surface area contributed by atoms with E-state index in [0.29, 0.717) is 30.0 Å². The van der Waals surface area contributed by atoms with Crippen LogP contribution in [0.2, 0.25) is 0 Å². The summed E-state index contributed by atoms with van der Waals surface area (Å²) in [5, 5.41) is 11.5. The molecule has 8 nitrogen and oxygen atoms in total. The fourth-order valence-corrected chi connectivity index (χ4v) is 4.68. The third-order valence-electron chi connectivity index (χ3n) is 6.60. The predicted octanol–water partition coefficient (Wildman–Crippen LogP) is 4.92. The van der Waals surface area contributed by atoms with Gasteiger partial charge in [-0.15, -0.1) is 5.10 Å². The molecule has 0 saturated carbocycles. The molecule has 0 aliphatic rings. The summed E-state index contributed by atoms with van der Waals surface area (Å²) in [6.45, 7) is 2.79. The molecule has 0 spiro atoms. The Morgan fingerprint density at radius 1 is 0.850 bits per heavy atom. The molecule has 0 bridgehead atoms. The molecule has 1 heterocycles. The van der Waals surface area contributed by atoms with Crippen molar-refractivity contribution in [3.63, 3.8) is 0 Å². The van der Waals surface area contributed by atoms with Crippen molar-refractivity contribution in [1.82, 2.24) is 25.2 Å². The third-order valence-corrected chi connectivity index (χ3v) is 6.60. The van der Waals surface area contributed by atoms with Gasteiger partial charge < -0.3 is 15.0 Å². The third kappa shape index (κ3) is 6.18. The van der Waals surface area contributed by atoms with E-state index in [4.69, 9.17) is 4.74 Å². The molecule has 1 atom stereocenters. The summed E-state index contributed by atoms with van der Waals surface area (Å²) in [6.07, 6.45) is 0. The van der Waals surface area contributed by atoms with Crippen LogP contribution >= 0.6 is 0 Å². The molecule has 0 fully saturated rings. The first-order valence-corrected chi connectivity index (χ1v) is 13.3. The number of hydrogen-bond donors (Lipinski definition) is 1. The van der Waals surface area contributed by atoms with Crippen LogP contribution in [-0.2, 0) is 29.2 Å². The summed E-state index contributed by atoms with van der Waals surface area (Å²) in [7, 11) is 0. The molecule has 8 heteroatoms. The van der Waals surface area contributed by atoms with Gasteiger partial charge in [-0.1, -0.05) is 96.2 Å². The quantitative estimate of drug-likeness (QED) is 0.260. The molecule has 0 unspecified atom stereocenters. The van der Waals surface area contributed by atoms with Gasteiger partial charge in [-0.2, -0.15) is 0 Å². The maximum atomic E-state index is 14.1. The number of carbonyl (C=O) groups excluding carboxylic acids is 2. The number of hydrogen-bond acceptors (Lipinski definition) is 5. The highest BCUT2D eigenvalue weighted by Crippen LogP contribution is 2.32. The standard InChI is InChI=1S/C32H31N5O3/c1-2-40-29-20-12-9-17-26(29)31(32(39)33-21-24-13-5-3-6-14-24)36(22-25-15-7-4-8-16-25)30(38)23-37-28-19-11-10-18-27(28)34-35-37/h3-20,31H,2,21-23H2,1H3,(H,33,39)/t31-/m0/s1. The van der Waals surface area contributed by atoms with Crippen LogP contribution in [0.3, 0.4) is 0 Å². The van der Waals surface area contributed by atoms with Crippen LogP contribution in [-0.4, -0.2) is 38.3 Å². The van der Waals surface area contributed by atoms with Crippen LogP contribution in [0.4, 0.5) is 0 Å². The van der Waals surface area contributed by atoms with Crippen molar-refractivity contribution >= 4 is 22.8 Å². The number of nitrogens with zero attached hydrogens (tertiary/aromatic N) is 4. The van der Waals surface area contributed by atoms with Gasteiger partial charge in [-0.25, -0.2) is 4.68 Å². The van der Waals surface area contributed by atoms with E-state index < -0.39 is 6.04 Å². The number of para-hydroxylation sites is 2. The van der Waals surface area contributed by atoms with Crippen molar-refractivity contribution in [2.24, 2.45) is 0 Å². The van der Waals surface area contributed by atoms with Crippen LogP contribution in [0.15, 0.2) is 109 Å². The number of fused-ring (bicyclic) bond motifs is 1. The second-order valence-corrected chi connectivity index (χ2v) is 9.32. The summed E-state index contributed by atoms with van der Waals surface area (Å²) < 4.78 is 7.50. The number of rotatable bonds is 11. The second kappa shape index (κ2) is 12.7. The van der Waals surface area contributed by atoms with Crippen molar-refractivity contribution in [3.8, 4) is 5.75 Å². The smallest absolute Gasteiger partial charge is 0.247 e. The molecule has 1 aromatic heterocycles. The van der Waals surface area contributed by atoms with Gasteiger partial charge in [0.1, 0.15) is 23.9 Å². The summed E-state index contributed by atoms with van der Waals surface area (Å²) in [6, 6.07) is 33.2. The minimum atomic E-state index is -0.950. The highest BCUT2D eigenvalue weighted by Gasteiger charge is 2.34. The Morgan fingerprint density at radius 2 is 1.50 bits per heavy atom. The first kappa shape index (κ1) is 26.6. The van der Waals surface area contributed by atoms with E-state index in [1.54, 1.807) is 9.58 Å². The average Bonchev–Trinajstić information content (AvgIpc) is 3.40. The largest absolute Gasteiger partial charge is 0.494 e. The van der Waals surface area contributed by atoms with Crippen LogP contribution in [0, 0.1) is 0 Å². The maximum absolute atomic E-state index is 14.1. The van der Waals surface area contributed by atoms with Crippen molar-refractivity contribution in [2.45, 2.75) is 32.6 Å². The lowest BCUT2D eigenvalue weighted by molar-refractivity contribution is -0.142. The Balaban J connectivity index is 1.54. The molecular weight excluding hydrogens is 502 g/mol. The van der Waals surface area contributed by atoms with E-state index in [1.807, 2.05) is 116 Å². The van der Waals surface area contributed by atoms with Gasteiger partial charge in [0.15, 0.2) is 0 Å². The Hall–Kier alpha value is -4.98. The molecular formula is C32H31N5O3. The van der Waals surface area contributed by atoms with Crippen LogP contribution in [0.1, 0.15) is 29.7 Å². The number of aromatic nitrogens is 3. The summed E-state index contributed by atoms with van der Waals surface area (Å²) in [4.78, 5) is 29.8. The lowest BCUT2D eigenvalue weighted by atomic mass is 10.0. The van der Waals surface area contributed by atoms with Gasteiger partial charge >= 0.3 is 0 Å². The van der Waals surface area contributed by atoms with Gasteiger partial charge in [0.05, 0.1) is 12.1 Å². The van der Waals surface area contributed by atoms with Gasteiger partial charge in [0, 0.05) is 18.7 Å². The van der Waals surface area contributed by atoms with E-state index in [9.17, 15) is 9.59 Å². The topological polar surface area (TPSA) is 89.4 Å². The number of amides is 2. The van der Waals surface area contributed by atoms with Crippen LogP contribution < -0.4 is 10.1 Å².